The Hall–Kier alpha value is -3.26. The summed E-state index contributed by atoms with van der Waals surface area (Å²) in [6.07, 6.45) is 1.56. The molecule has 1 saturated heterocycles. The molecule has 0 unspecified atom stereocenters. The second-order valence-corrected chi connectivity index (χ2v) is 6.67. The van der Waals surface area contributed by atoms with E-state index in [0.717, 1.165) is 36.5 Å². The third kappa shape index (κ3) is 3.15. The van der Waals surface area contributed by atoms with Crippen LogP contribution in [0.1, 0.15) is 0 Å². The molecule has 27 heavy (non-hydrogen) atoms. The fourth-order valence-electron chi connectivity index (χ4n) is 3.36. The molecule has 0 amide bonds. The van der Waals surface area contributed by atoms with E-state index in [-0.39, 0.29) is 16.9 Å². The summed E-state index contributed by atoms with van der Waals surface area (Å²) >= 11 is 0. The lowest BCUT2D eigenvalue weighted by Crippen LogP contribution is -2.44. The highest BCUT2D eigenvalue weighted by atomic mass is 16.6. The van der Waals surface area contributed by atoms with Crippen LogP contribution in [-0.2, 0) is 0 Å². The number of fused-ring (bicyclic) bond motifs is 1. The van der Waals surface area contributed by atoms with Gasteiger partial charge in [-0.05, 0) is 25.2 Å². The maximum absolute atomic E-state index is 12.9. The Kier molecular flexibility index (Phi) is 4.33. The van der Waals surface area contributed by atoms with Gasteiger partial charge in [-0.25, -0.2) is 0 Å². The summed E-state index contributed by atoms with van der Waals surface area (Å²) < 4.78 is 1.13. The third-order valence-corrected chi connectivity index (χ3v) is 4.95. The van der Waals surface area contributed by atoms with Gasteiger partial charge in [-0.1, -0.05) is 18.2 Å². The Bertz CT molecular complexity index is 1070. The number of rotatable bonds is 3. The molecule has 0 radical (unpaired) electrons. The molecule has 0 spiro atoms. The Labute approximate surface area is 155 Å². The zero-order valence-electron chi connectivity index (χ0n) is 14.9. The van der Waals surface area contributed by atoms with Crippen LogP contribution in [0.15, 0.2) is 53.5 Å². The molecule has 138 valence electrons. The van der Waals surface area contributed by atoms with Crippen LogP contribution < -0.4 is 10.5 Å². The van der Waals surface area contributed by atoms with Crippen molar-refractivity contribution in [3.63, 3.8) is 0 Å². The number of nitro benzene ring substituents is 1. The zero-order chi connectivity index (χ0) is 19.0. The molecule has 0 aliphatic carbocycles. The van der Waals surface area contributed by atoms with E-state index in [1.54, 1.807) is 36.5 Å². The van der Waals surface area contributed by atoms with Crippen molar-refractivity contribution in [2.45, 2.75) is 0 Å². The zero-order valence-corrected chi connectivity index (χ0v) is 14.9. The monoisotopic (exact) mass is 365 g/mol. The van der Waals surface area contributed by atoms with Crippen LogP contribution in [0, 0.1) is 10.1 Å². The number of nitrogens with zero attached hydrogens (tertiary/aromatic N) is 5. The van der Waals surface area contributed by atoms with Gasteiger partial charge in [0.05, 0.1) is 16.5 Å². The molecule has 1 aliphatic rings. The molecule has 0 N–H and O–H groups in total. The number of nitro groups is 1. The number of aromatic nitrogens is 2. The maximum atomic E-state index is 12.9. The molecule has 2 heterocycles. The normalized spacial score (nSPS) is 15.2. The van der Waals surface area contributed by atoms with E-state index in [1.165, 1.54) is 6.07 Å². The van der Waals surface area contributed by atoms with Crippen molar-refractivity contribution in [1.29, 1.82) is 0 Å². The lowest BCUT2D eigenvalue weighted by Gasteiger charge is -2.34. The van der Waals surface area contributed by atoms with Crippen molar-refractivity contribution in [3.8, 4) is 5.69 Å². The van der Waals surface area contributed by atoms with E-state index in [9.17, 15) is 14.9 Å². The summed E-state index contributed by atoms with van der Waals surface area (Å²) in [6, 6.07) is 12.0. The molecule has 8 heteroatoms. The van der Waals surface area contributed by atoms with Gasteiger partial charge in [0.1, 0.15) is 5.69 Å². The summed E-state index contributed by atoms with van der Waals surface area (Å²) in [6.45, 7) is 3.49. The van der Waals surface area contributed by atoms with Gasteiger partial charge in [0.2, 0.25) is 0 Å². The molecule has 1 fully saturated rings. The predicted octanol–water partition coefficient (Wildman–Crippen LogP) is 2.05. The minimum atomic E-state index is -0.480. The average Bonchev–Trinajstić information content (AvgIpc) is 2.68. The topological polar surface area (TPSA) is 84.5 Å². The SMILES string of the molecule is CN1CCN(c2ccc([N+](=O)[O-])c(-n3ncc4ccccc4c3=O)c2)CC1. The summed E-state index contributed by atoms with van der Waals surface area (Å²) in [5.41, 5.74) is 0.530. The van der Waals surface area contributed by atoms with Crippen molar-refractivity contribution in [2.75, 3.05) is 38.1 Å². The van der Waals surface area contributed by atoms with Gasteiger partial charge in [-0.2, -0.15) is 9.78 Å². The fraction of sp³-hybridized carbons (Fsp3) is 0.263. The number of hydrogen-bond acceptors (Lipinski definition) is 6. The molecule has 4 rings (SSSR count). The van der Waals surface area contributed by atoms with Crippen LogP contribution in [0.3, 0.4) is 0 Å². The Morgan fingerprint density at radius 3 is 2.56 bits per heavy atom. The summed E-state index contributed by atoms with van der Waals surface area (Å²) in [4.78, 5) is 28.4. The van der Waals surface area contributed by atoms with Crippen molar-refractivity contribution >= 4 is 22.1 Å². The van der Waals surface area contributed by atoms with Crippen LogP contribution in [0.25, 0.3) is 16.5 Å². The minimum absolute atomic E-state index is 0.141. The van der Waals surface area contributed by atoms with Gasteiger partial charge in [-0.15, -0.1) is 0 Å². The Morgan fingerprint density at radius 1 is 1.07 bits per heavy atom. The maximum Gasteiger partial charge on any atom is 0.295 e. The van der Waals surface area contributed by atoms with Crippen LogP contribution in [0.5, 0.6) is 0 Å². The lowest BCUT2D eigenvalue weighted by atomic mass is 10.2. The Morgan fingerprint density at radius 2 is 1.81 bits per heavy atom. The standard InChI is InChI=1S/C19H19N5O3/c1-21-8-10-22(11-9-21)15-6-7-17(24(26)27)18(12-15)23-19(25)16-5-3-2-4-14(16)13-20-23/h2-7,12-13H,8-11H2,1H3. The first-order valence-corrected chi connectivity index (χ1v) is 8.74. The predicted molar refractivity (Wildman–Crippen MR) is 104 cm³/mol. The van der Waals surface area contributed by atoms with Crippen LogP contribution in [-0.4, -0.2) is 52.8 Å². The number of anilines is 1. The smallest absolute Gasteiger partial charge is 0.295 e. The number of benzene rings is 2. The van der Waals surface area contributed by atoms with Crippen molar-refractivity contribution < 1.29 is 4.92 Å². The number of hydrogen-bond donors (Lipinski definition) is 0. The van der Waals surface area contributed by atoms with Crippen LogP contribution in [0.2, 0.25) is 0 Å². The highest BCUT2D eigenvalue weighted by molar-refractivity contribution is 5.81. The molecule has 0 bridgehead atoms. The first kappa shape index (κ1) is 17.2. The van der Waals surface area contributed by atoms with Crippen LogP contribution >= 0.6 is 0 Å². The average molecular weight is 365 g/mol. The molecule has 0 saturated carbocycles. The lowest BCUT2D eigenvalue weighted by molar-refractivity contribution is -0.384. The second kappa shape index (κ2) is 6.81. The first-order valence-electron chi connectivity index (χ1n) is 8.74. The van der Waals surface area contributed by atoms with E-state index in [0.29, 0.717) is 10.8 Å². The van der Waals surface area contributed by atoms with Gasteiger partial charge in [0.25, 0.3) is 11.2 Å². The quantitative estimate of drug-likeness (QED) is 0.522. The van der Waals surface area contributed by atoms with Crippen molar-refractivity contribution in [1.82, 2.24) is 14.7 Å². The number of piperazine rings is 1. The molecule has 1 aliphatic heterocycles. The molecule has 3 aromatic rings. The van der Waals surface area contributed by atoms with Crippen molar-refractivity contribution in [2.24, 2.45) is 0 Å². The van der Waals surface area contributed by atoms with Crippen molar-refractivity contribution in [3.05, 3.63) is 69.1 Å². The molecular weight excluding hydrogens is 346 g/mol. The summed E-state index contributed by atoms with van der Waals surface area (Å²) in [5, 5.41) is 16.9. The summed E-state index contributed by atoms with van der Waals surface area (Å²) in [7, 11) is 2.07. The van der Waals surface area contributed by atoms with Gasteiger partial charge < -0.3 is 9.80 Å². The highest BCUT2D eigenvalue weighted by Gasteiger charge is 2.22. The second-order valence-electron chi connectivity index (χ2n) is 6.67. The first-order chi connectivity index (χ1) is 13.0. The Balaban J connectivity index is 1.86. The van der Waals surface area contributed by atoms with E-state index < -0.39 is 4.92 Å². The minimum Gasteiger partial charge on any atom is -0.369 e. The van der Waals surface area contributed by atoms with E-state index in [4.69, 9.17) is 0 Å². The molecular formula is C19H19N5O3. The van der Waals surface area contributed by atoms with Gasteiger partial charge >= 0.3 is 0 Å². The fourth-order valence-corrected chi connectivity index (χ4v) is 3.36. The molecule has 2 aromatic carbocycles. The summed E-state index contributed by atoms with van der Waals surface area (Å²) in [5.74, 6) is 0. The number of likely N-dealkylation sites (N-methyl/N-ethyl adjacent to an activating group) is 1. The molecule has 0 atom stereocenters. The molecule has 1 aromatic heterocycles. The van der Waals surface area contributed by atoms with E-state index >= 15 is 0 Å². The van der Waals surface area contributed by atoms with Crippen LogP contribution in [0.4, 0.5) is 11.4 Å². The molecule has 8 nitrogen and oxygen atoms in total. The highest BCUT2D eigenvalue weighted by Crippen LogP contribution is 2.28. The van der Waals surface area contributed by atoms with E-state index in [2.05, 4.69) is 21.9 Å². The van der Waals surface area contributed by atoms with Gasteiger partial charge in [-0.3, -0.25) is 14.9 Å². The van der Waals surface area contributed by atoms with Gasteiger partial charge in [0.15, 0.2) is 0 Å². The third-order valence-electron chi connectivity index (χ3n) is 4.95. The van der Waals surface area contributed by atoms with E-state index in [1.807, 2.05) is 6.07 Å². The van der Waals surface area contributed by atoms with Gasteiger partial charge in [0, 0.05) is 43.3 Å². The largest absolute Gasteiger partial charge is 0.369 e.